The molecule has 218 valence electrons. The highest BCUT2D eigenvalue weighted by molar-refractivity contribution is 6.08. The van der Waals surface area contributed by atoms with E-state index in [1.807, 2.05) is 25.1 Å². The van der Waals surface area contributed by atoms with E-state index in [1.54, 1.807) is 6.07 Å². The third-order valence-corrected chi connectivity index (χ3v) is 9.10. The van der Waals surface area contributed by atoms with Crippen molar-refractivity contribution in [1.82, 2.24) is 4.57 Å². The van der Waals surface area contributed by atoms with Gasteiger partial charge in [0.25, 0.3) is 0 Å². The van der Waals surface area contributed by atoms with Crippen LogP contribution in [0.3, 0.4) is 0 Å². The van der Waals surface area contributed by atoms with Gasteiger partial charge in [-0.25, -0.2) is 0 Å². The molecule has 7 rings (SSSR count). The quantitative estimate of drug-likeness (QED) is 0.213. The Kier molecular flexibility index (Phi) is 7.42. The van der Waals surface area contributed by atoms with Crippen molar-refractivity contribution in [2.24, 2.45) is 11.8 Å². The van der Waals surface area contributed by atoms with Crippen LogP contribution < -0.4 is 4.90 Å². The lowest BCUT2D eigenvalue weighted by Gasteiger charge is -2.42. The van der Waals surface area contributed by atoms with Crippen molar-refractivity contribution < 1.29 is 0 Å². The number of hydrogen-bond acceptors (Lipinski definition) is 3. The zero-order chi connectivity index (χ0) is 30.9. The van der Waals surface area contributed by atoms with Crippen LogP contribution >= 0.6 is 0 Å². The Balaban J connectivity index is 1.53. The van der Waals surface area contributed by atoms with Crippen LogP contribution in [0, 0.1) is 34.5 Å². The normalized spacial score (nSPS) is 19.2. The summed E-state index contributed by atoms with van der Waals surface area (Å²) in [5.74, 6) is 0.716. The van der Waals surface area contributed by atoms with Gasteiger partial charge in [0.15, 0.2) is 0 Å². The molecule has 2 bridgehead atoms. The maximum absolute atomic E-state index is 10.6. The van der Waals surface area contributed by atoms with Crippen LogP contribution in [0.4, 0.5) is 5.69 Å². The number of fused-ring (bicyclic) bond motifs is 5. The molecule has 1 aliphatic heterocycles. The number of nitrogens with zero attached hydrogens (tertiary/aromatic N) is 4. The first-order valence-electron chi connectivity index (χ1n) is 15.7. The van der Waals surface area contributed by atoms with E-state index < -0.39 is 0 Å². The summed E-state index contributed by atoms with van der Waals surface area (Å²) >= 11 is 0. The van der Waals surface area contributed by atoms with Crippen LogP contribution in [-0.4, -0.2) is 4.57 Å². The minimum atomic E-state index is 0.313. The van der Waals surface area contributed by atoms with Gasteiger partial charge in [0, 0.05) is 28.4 Å². The van der Waals surface area contributed by atoms with Gasteiger partial charge in [0.05, 0.1) is 34.1 Å². The van der Waals surface area contributed by atoms with Crippen LogP contribution in [0.25, 0.3) is 33.4 Å². The van der Waals surface area contributed by atoms with Gasteiger partial charge in [-0.05, 0) is 84.9 Å². The summed E-state index contributed by atoms with van der Waals surface area (Å²) in [4.78, 5) is 2.30. The predicted molar refractivity (Wildman–Crippen MR) is 186 cm³/mol. The molecule has 0 N–H and O–H groups in total. The van der Waals surface area contributed by atoms with Gasteiger partial charge in [0.1, 0.15) is 6.07 Å². The van der Waals surface area contributed by atoms with Crippen molar-refractivity contribution in [3.8, 4) is 17.8 Å². The highest BCUT2D eigenvalue weighted by Crippen LogP contribution is 2.48. The van der Waals surface area contributed by atoms with Gasteiger partial charge in [-0.15, -0.1) is 0 Å². The number of nitriles is 2. The number of aromatic nitrogens is 1. The fourth-order valence-corrected chi connectivity index (χ4v) is 7.00. The van der Waals surface area contributed by atoms with Gasteiger partial charge >= 0.3 is 0 Å². The summed E-state index contributed by atoms with van der Waals surface area (Å²) in [6.07, 6.45) is 26.6. The van der Waals surface area contributed by atoms with E-state index in [0.29, 0.717) is 23.0 Å². The lowest BCUT2D eigenvalue weighted by atomic mass is 9.77. The standard InChI is InChI=1S/C41H34N4/c1-3-4-5-6-7-8-14-32-25-37-34-15-10-9-13-30(34)19-21-39(37)44(32)40-23-29(26-42)22-31(27-43)41(40)45-33-20-18-28(2)36(24-33)35-16-11-12-17-38(35)45/h3-6,8-11,13-16,18-25,28,36H,7,12,17H2,1-2H3/b4-3+,6-5-,14-8-/t28-,36?/m0/s1. The third-order valence-electron chi connectivity index (χ3n) is 9.10. The molecular formula is C41H34N4. The fraction of sp³-hybridized carbons (Fsp3) is 0.171. The van der Waals surface area contributed by atoms with Crippen LogP contribution in [0.2, 0.25) is 0 Å². The van der Waals surface area contributed by atoms with Crippen molar-refractivity contribution >= 4 is 33.4 Å². The molecule has 4 aromatic rings. The van der Waals surface area contributed by atoms with Crippen molar-refractivity contribution in [3.63, 3.8) is 0 Å². The minimum Gasteiger partial charge on any atom is -0.311 e. The van der Waals surface area contributed by atoms with Gasteiger partial charge < -0.3 is 9.47 Å². The number of benzene rings is 3. The minimum absolute atomic E-state index is 0.313. The largest absolute Gasteiger partial charge is 0.311 e. The number of hydrogen-bond donors (Lipinski definition) is 0. The van der Waals surface area contributed by atoms with Crippen LogP contribution in [0.15, 0.2) is 132 Å². The van der Waals surface area contributed by atoms with Crippen molar-refractivity contribution in [2.75, 3.05) is 4.90 Å². The molecule has 0 spiro atoms. The van der Waals surface area contributed by atoms with E-state index >= 15 is 0 Å². The highest BCUT2D eigenvalue weighted by Gasteiger charge is 2.35. The van der Waals surface area contributed by atoms with Gasteiger partial charge in [-0.3, -0.25) is 0 Å². The first kappa shape index (κ1) is 28.2. The van der Waals surface area contributed by atoms with Crippen LogP contribution in [0.5, 0.6) is 0 Å². The molecule has 0 saturated heterocycles. The second-order valence-corrected chi connectivity index (χ2v) is 11.8. The number of rotatable bonds is 6. The predicted octanol–water partition coefficient (Wildman–Crippen LogP) is 10.2. The van der Waals surface area contributed by atoms with E-state index in [4.69, 9.17) is 0 Å². The fourth-order valence-electron chi connectivity index (χ4n) is 7.00. The van der Waals surface area contributed by atoms with Gasteiger partial charge in [0.2, 0.25) is 0 Å². The third kappa shape index (κ3) is 4.86. The molecule has 2 aliphatic carbocycles. The maximum atomic E-state index is 10.6. The van der Waals surface area contributed by atoms with Crippen LogP contribution in [0.1, 0.15) is 49.9 Å². The first-order valence-corrected chi connectivity index (χ1v) is 15.7. The molecule has 4 nitrogen and oxygen atoms in total. The molecule has 3 aromatic carbocycles. The van der Waals surface area contributed by atoms with E-state index in [-0.39, 0.29) is 0 Å². The molecule has 0 radical (unpaired) electrons. The Morgan fingerprint density at radius 2 is 1.84 bits per heavy atom. The van der Waals surface area contributed by atoms with Crippen molar-refractivity contribution in [2.45, 2.75) is 33.1 Å². The molecule has 1 unspecified atom stereocenters. The van der Waals surface area contributed by atoms with Gasteiger partial charge in [-0.2, -0.15) is 10.5 Å². The summed E-state index contributed by atoms with van der Waals surface area (Å²) < 4.78 is 2.24. The molecule has 0 saturated carbocycles. The molecule has 1 aromatic heterocycles. The van der Waals surface area contributed by atoms with E-state index in [0.717, 1.165) is 52.9 Å². The number of anilines is 1. The maximum Gasteiger partial charge on any atom is 0.101 e. The highest BCUT2D eigenvalue weighted by atomic mass is 15.2. The second kappa shape index (κ2) is 11.8. The molecular weight excluding hydrogens is 548 g/mol. The average Bonchev–Trinajstić information content (AvgIpc) is 3.46. The van der Waals surface area contributed by atoms with Crippen LogP contribution in [-0.2, 0) is 0 Å². The summed E-state index contributed by atoms with van der Waals surface area (Å²) in [7, 11) is 0. The van der Waals surface area contributed by atoms with E-state index in [2.05, 4.69) is 126 Å². The molecule has 0 amide bonds. The van der Waals surface area contributed by atoms with Crippen molar-refractivity contribution in [3.05, 3.63) is 149 Å². The molecule has 2 heterocycles. The SMILES string of the molecule is C/C=C/C=C\C/C=C\c1cc2c3ccccc3ccc2n1-c1cc(C#N)cc(C#N)c1N1C2=CC(C3=C1CCC=C3)[C@@H](C)C=C2. The molecule has 3 aliphatic rings. The van der Waals surface area contributed by atoms with Gasteiger partial charge in [-0.1, -0.05) is 91.9 Å². The summed E-state index contributed by atoms with van der Waals surface area (Å²) in [5, 5.41) is 24.3. The lowest BCUT2D eigenvalue weighted by molar-refractivity contribution is 0.555. The van der Waals surface area contributed by atoms with Crippen molar-refractivity contribution in [1.29, 1.82) is 10.5 Å². The Labute approximate surface area is 264 Å². The molecule has 4 heteroatoms. The second-order valence-electron chi connectivity index (χ2n) is 11.8. The zero-order valence-electron chi connectivity index (χ0n) is 25.6. The lowest BCUT2D eigenvalue weighted by Crippen LogP contribution is -2.34. The molecule has 0 fully saturated rings. The summed E-state index contributed by atoms with van der Waals surface area (Å²) in [6.45, 7) is 4.28. The Bertz CT molecular complexity index is 2150. The Morgan fingerprint density at radius 1 is 0.956 bits per heavy atom. The monoisotopic (exact) mass is 582 g/mol. The Hall–Kier alpha value is -5.58. The van der Waals surface area contributed by atoms with E-state index in [1.165, 1.54) is 22.0 Å². The van der Waals surface area contributed by atoms with E-state index in [9.17, 15) is 10.5 Å². The smallest absolute Gasteiger partial charge is 0.101 e. The average molecular weight is 583 g/mol. The number of allylic oxidation sites excluding steroid dienone is 12. The summed E-state index contributed by atoms with van der Waals surface area (Å²) in [6, 6.07) is 23.5. The molecule has 2 atom stereocenters. The summed E-state index contributed by atoms with van der Waals surface area (Å²) in [5.41, 5.74) is 8.27. The Morgan fingerprint density at radius 3 is 2.69 bits per heavy atom. The zero-order valence-corrected chi connectivity index (χ0v) is 25.6. The topological polar surface area (TPSA) is 55.8 Å². The molecule has 45 heavy (non-hydrogen) atoms. The first-order chi connectivity index (χ1) is 22.1.